The number of nitrogens with one attached hydrogen (secondary N) is 1. The van der Waals surface area contributed by atoms with Crippen LogP contribution in [0.3, 0.4) is 0 Å². The first-order chi connectivity index (χ1) is 26.2. The number of phenols is 1. The Hall–Kier alpha value is -5.74. The van der Waals surface area contributed by atoms with Crippen LogP contribution in [0.15, 0.2) is 109 Å². The largest absolute Gasteiger partial charge is 0.508 e. The Labute approximate surface area is 314 Å². The van der Waals surface area contributed by atoms with Crippen LogP contribution < -0.4 is 15.2 Å². The summed E-state index contributed by atoms with van der Waals surface area (Å²) in [5.74, 6) is -4.43. The first kappa shape index (κ1) is 34.1. The lowest BCUT2D eigenvalue weighted by Crippen LogP contribution is -2.53. The summed E-state index contributed by atoms with van der Waals surface area (Å²) >= 11 is 0. The Morgan fingerprint density at radius 3 is 2.19 bits per heavy atom. The van der Waals surface area contributed by atoms with Gasteiger partial charge in [-0.05, 0) is 91.8 Å². The van der Waals surface area contributed by atoms with Gasteiger partial charge in [0.1, 0.15) is 5.75 Å². The number of phenolic OH excluding ortho intramolecular Hbond substituents is 1. The molecule has 274 valence electrons. The van der Waals surface area contributed by atoms with E-state index in [-0.39, 0.29) is 35.8 Å². The number of anilines is 3. The van der Waals surface area contributed by atoms with Crippen LogP contribution in [-0.4, -0.2) is 60.0 Å². The van der Waals surface area contributed by atoms with Crippen LogP contribution in [-0.2, 0) is 29.3 Å². The van der Waals surface area contributed by atoms with E-state index in [9.17, 15) is 19.5 Å². The average Bonchev–Trinajstić information content (AvgIpc) is 3.58. The van der Waals surface area contributed by atoms with Gasteiger partial charge in [-0.25, -0.2) is 0 Å². The zero-order chi connectivity index (χ0) is 37.3. The monoisotopic (exact) mass is 722 g/mol. The summed E-state index contributed by atoms with van der Waals surface area (Å²) in [5.41, 5.74) is 7.94. The first-order valence-electron chi connectivity index (χ1n) is 18.8. The molecule has 2 N–H and O–H groups in total. The summed E-state index contributed by atoms with van der Waals surface area (Å²) in [6.07, 6.45) is 2.61. The van der Waals surface area contributed by atoms with E-state index in [1.54, 1.807) is 6.07 Å². The molecule has 54 heavy (non-hydrogen) atoms. The van der Waals surface area contributed by atoms with Crippen molar-refractivity contribution in [3.63, 3.8) is 0 Å². The average molecular weight is 723 g/mol. The van der Waals surface area contributed by atoms with Crippen LogP contribution in [0.1, 0.15) is 41.0 Å². The normalized spacial score (nSPS) is 27.8. The zero-order valence-electron chi connectivity index (χ0n) is 30.3. The van der Waals surface area contributed by atoms with Gasteiger partial charge in [-0.3, -0.25) is 29.5 Å². The molecule has 10 nitrogen and oxygen atoms in total. The Kier molecular flexibility index (Phi) is 8.19. The molecule has 0 spiro atoms. The quantitative estimate of drug-likeness (QED) is 0.183. The fraction of sp³-hybridized carbons (Fsp3) is 0.318. The molecule has 0 radical (unpaired) electrons. The first-order valence-corrected chi connectivity index (χ1v) is 18.8. The SMILES string of the molecule is Cc1ccc(NN2C(=O)[C@@H]3C[C@@H]4C(=CC[C@@H]5C(=O)N(c6ccc(N7CCOCC7)cc6)C(=O)[C@@H]54)[C@H](c4ccc(O)c(C)c4)[C@]3(c3ccccc3)C2=O)cc1. The van der Waals surface area contributed by atoms with Crippen molar-refractivity contribution >= 4 is 40.7 Å². The molecule has 5 aliphatic rings. The molecule has 0 bridgehead atoms. The van der Waals surface area contributed by atoms with Crippen LogP contribution in [0.2, 0.25) is 0 Å². The van der Waals surface area contributed by atoms with E-state index < -0.39 is 35.0 Å². The number of imide groups is 2. The van der Waals surface area contributed by atoms with Gasteiger partial charge in [0.05, 0.1) is 47.8 Å². The van der Waals surface area contributed by atoms with Crippen molar-refractivity contribution < 1.29 is 29.0 Å². The molecular formula is C44H42N4O6. The predicted molar refractivity (Wildman–Crippen MR) is 204 cm³/mol. The van der Waals surface area contributed by atoms with E-state index >= 15 is 4.79 Å². The number of carbonyl (C=O) groups is 4. The summed E-state index contributed by atoms with van der Waals surface area (Å²) in [7, 11) is 0. The lowest BCUT2D eigenvalue weighted by atomic mass is 9.49. The Morgan fingerprint density at radius 2 is 1.48 bits per heavy atom. The molecule has 3 aliphatic heterocycles. The van der Waals surface area contributed by atoms with E-state index in [0.717, 1.165) is 35.5 Å². The Bertz CT molecular complexity index is 2200. The number of hydrogen-bond donors (Lipinski definition) is 2. The molecule has 4 fully saturated rings. The molecule has 3 heterocycles. The Morgan fingerprint density at radius 1 is 0.778 bits per heavy atom. The maximum absolute atomic E-state index is 15.3. The van der Waals surface area contributed by atoms with Crippen LogP contribution in [0, 0.1) is 37.5 Å². The van der Waals surface area contributed by atoms with Gasteiger partial charge in [0, 0.05) is 24.7 Å². The number of aryl methyl sites for hydroxylation is 2. The second kappa shape index (κ2) is 13.0. The van der Waals surface area contributed by atoms with Gasteiger partial charge >= 0.3 is 0 Å². The van der Waals surface area contributed by atoms with Crippen LogP contribution in [0.5, 0.6) is 5.75 Å². The van der Waals surface area contributed by atoms with Gasteiger partial charge < -0.3 is 14.7 Å². The minimum absolute atomic E-state index is 0.123. The molecule has 0 unspecified atom stereocenters. The summed E-state index contributed by atoms with van der Waals surface area (Å²) in [6.45, 7) is 6.62. The number of morpholine rings is 1. The Balaban J connectivity index is 1.16. The van der Waals surface area contributed by atoms with Gasteiger partial charge in [0.25, 0.3) is 11.8 Å². The van der Waals surface area contributed by atoms with Crippen molar-refractivity contribution in [1.29, 1.82) is 0 Å². The summed E-state index contributed by atoms with van der Waals surface area (Å²) < 4.78 is 5.50. The number of benzene rings is 4. The van der Waals surface area contributed by atoms with Crippen LogP contribution >= 0.6 is 0 Å². The molecule has 2 aliphatic carbocycles. The number of carbonyl (C=O) groups excluding carboxylic acids is 4. The fourth-order valence-electron chi connectivity index (χ4n) is 9.87. The van der Waals surface area contributed by atoms with Gasteiger partial charge in [0.2, 0.25) is 11.8 Å². The number of ether oxygens (including phenoxy) is 1. The standard InChI is InChI=1S/C44H42N4O6/c1-26-8-11-30(12-9-26)45-48-41(51)36-25-35-33(39(28-10-19-37(49)27(2)24-28)44(36,43(48)53)29-6-4-3-5-7-29)17-18-34-38(35)42(52)47(40(34)50)32-15-13-31(14-16-32)46-20-22-54-23-21-46/h3-17,19,24,34-36,38-39,45,49H,18,20-23,25H2,1-2H3/t34-,35+,36-,38-,39-,44+/m0/s1. The third-order valence-corrected chi connectivity index (χ3v) is 12.4. The minimum atomic E-state index is -1.37. The molecule has 4 aromatic rings. The highest BCUT2D eigenvalue weighted by Crippen LogP contribution is 2.64. The molecule has 4 aromatic carbocycles. The van der Waals surface area contributed by atoms with Crippen molar-refractivity contribution in [3.05, 3.63) is 131 Å². The highest BCUT2D eigenvalue weighted by atomic mass is 16.5. The van der Waals surface area contributed by atoms with E-state index in [0.29, 0.717) is 42.1 Å². The molecular weight excluding hydrogens is 681 g/mol. The molecule has 1 saturated carbocycles. The predicted octanol–water partition coefficient (Wildman–Crippen LogP) is 6.04. The van der Waals surface area contributed by atoms with Crippen LogP contribution in [0.25, 0.3) is 0 Å². The van der Waals surface area contributed by atoms with Crippen molar-refractivity contribution in [2.24, 2.45) is 23.7 Å². The van der Waals surface area contributed by atoms with E-state index in [2.05, 4.69) is 16.4 Å². The second-order valence-corrected chi connectivity index (χ2v) is 15.3. The molecule has 4 amide bonds. The second-order valence-electron chi connectivity index (χ2n) is 15.3. The van der Waals surface area contributed by atoms with Crippen molar-refractivity contribution in [2.45, 2.75) is 38.0 Å². The summed E-state index contributed by atoms with van der Waals surface area (Å²) in [4.78, 5) is 62.7. The smallest absolute Gasteiger partial charge is 0.260 e. The number of allylic oxidation sites excluding steroid dienone is 2. The number of hydrazine groups is 1. The van der Waals surface area contributed by atoms with E-state index in [4.69, 9.17) is 4.74 Å². The van der Waals surface area contributed by atoms with Crippen molar-refractivity contribution in [3.8, 4) is 5.75 Å². The molecule has 0 aromatic heterocycles. The summed E-state index contributed by atoms with van der Waals surface area (Å²) in [5, 5.41) is 11.8. The molecule has 3 saturated heterocycles. The van der Waals surface area contributed by atoms with Crippen molar-refractivity contribution in [2.75, 3.05) is 41.5 Å². The number of rotatable bonds is 6. The van der Waals surface area contributed by atoms with Crippen molar-refractivity contribution in [1.82, 2.24) is 5.01 Å². The highest BCUT2D eigenvalue weighted by Gasteiger charge is 2.70. The number of aromatic hydroxyl groups is 1. The number of amides is 4. The lowest BCUT2D eigenvalue weighted by Gasteiger charge is -2.50. The van der Waals surface area contributed by atoms with E-state index in [1.807, 2.05) is 105 Å². The summed E-state index contributed by atoms with van der Waals surface area (Å²) in [6, 6.07) is 29.9. The third-order valence-electron chi connectivity index (χ3n) is 12.4. The zero-order valence-corrected chi connectivity index (χ0v) is 30.3. The molecule has 9 rings (SSSR count). The maximum atomic E-state index is 15.3. The van der Waals surface area contributed by atoms with Crippen LogP contribution in [0.4, 0.5) is 17.1 Å². The van der Waals surface area contributed by atoms with Gasteiger partial charge in [0.15, 0.2) is 0 Å². The van der Waals surface area contributed by atoms with Gasteiger partial charge in [-0.2, -0.15) is 5.01 Å². The topological polar surface area (TPSA) is 119 Å². The minimum Gasteiger partial charge on any atom is -0.508 e. The fourth-order valence-corrected chi connectivity index (χ4v) is 9.87. The highest BCUT2D eigenvalue weighted by molar-refractivity contribution is 6.22. The third kappa shape index (κ3) is 5.10. The van der Waals surface area contributed by atoms with Gasteiger partial charge in [-0.1, -0.05) is 71.8 Å². The number of fused-ring (bicyclic) bond motifs is 4. The van der Waals surface area contributed by atoms with E-state index in [1.165, 1.54) is 9.91 Å². The maximum Gasteiger partial charge on any atom is 0.260 e. The molecule has 10 heteroatoms. The number of nitrogens with zero attached hydrogens (tertiary/aromatic N) is 3. The van der Waals surface area contributed by atoms with Gasteiger partial charge in [-0.15, -0.1) is 0 Å². The lowest BCUT2D eigenvalue weighted by molar-refractivity contribution is -0.138. The molecule has 6 atom stereocenters. The number of hydrogen-bond acceptors (Lipinski definition) is 8.